The van der Waals surface area contributed by atoms with E-state index in [1.165, 1.54) is 19.4 Å². The summed E-state index contributed by atoms with van der Waals surface area (Å²) < 4.78 is 28.2. The zero-order chi connectivity index (χ0) is 9.90. The van der Waals surface area contributed by atoms with Crippen molar-refractivity contribution in [2.75, 3.05) is 11.8 Å². The summed E-state index contributed by atoms with van der Waals surface area (Å²) >= 11 is 0. The van der Waals surface area contributed by atoms with Crippen molar-refractivity contribution in [2.24, 2.45) is 5.14 Å². The quantitative estimate of drug-likeness (QED) is 0.705. The maximum Gasteiger partial charge on any atom is 0.296 e. The van der Waals surface area contributed by atoms with Gasteiger partial charge in [0.1, 0.15) is 5.69 Å². The molecule has 3 N–H and O–H groups in total. The van der Waals surface area contributed by atoms with Gasteiger partial charge in [0, 0.05) is 6.20 Å². The summed E-state index contributed by atoms with van der Waals surface area (Å²) in [6.45, 7) is 0. The van der Waals surface area contributed by atoms with E-state index in [2.05, 4.69) is 9.71 Å². The van der Waals surface area contributed by atoms with E-state index in [1.54, 1.807) is 6.07 Å². The van der Waals surface area contributed by atoms with E-state index in [1.807, 2.05) is 0 Å². The molecule has 72 valence electrons. The van der Waals surface area contributed by atoms with Crippen molar-refractivity contribution < 1.29 is 13.2 Å². The highest BCUT2D eigenvalue weighted by Gasteiger charge is 2.07. The van der Waals surface area contributed by atoms with Crippen LogP contribution in [0.4, 0.5) is 5.69 Å². The van der Waals surface area contributed by atoms with E-state index in [9.17, 15) is 8.42 Å². The molecule has 0 atom stereocenters. The molecule has 0 aliphatic heterocycles. The third-order valence-corrected chi connectivity index (χ3v) is 1.72. The van der Waals surface area contributed by atoms with Crippen molar-refractivity contribution >= 4 is 15.9 Å². The van der Waals surface area contributed by atoms with Crippen LogP contribution in [0.2, 0.25) is 0 Å². The number of rotatable bonds is 3. The minimum atomic E-state index is -3.78. The normalized spacial score (nSPS) is 10.9. The Kier molecular flexibility index (Phi) is 2.69. The van der Waals surface area contributed by atoms with E-state index in [-0.39, 0.29) is 11.6 Å². The molecular weight excluding hydrogens is 194 g/mol. The van der Waals surface area contributed by atoms with Crippen molar-refractivity contribution in [2.45, 2.75) is 0 Å². The second-order valence-electron chi connectivity index (χ2n) is 2.21. The van der Waals surface area contributed by atoms with Gasteiger partial charge in [-0.05, 0) is 12.1 Å². The van der Waals surface area contributed by atoms with Crippen LogP contribution in [0.15, 0.2) is 18.3 Å². The van der Waals surface area contributed by atoms with Gasteiger partial charge in [0.2, 0.25) is 5.88 Å². The Morgan fingerprint density at radius 3 is 2.85 bits per heavy atom. The summed E-state index contributed by atoms with van der Waals surface area (Å²) in [4.78, 5) is 3.78. The molecule has 13 heavy (non-hydrogen) atoms. The van der Waals surface area contributed by atoms with Crippen LogP contribution in [-0.2, 0) is 10.2 Å². The lowest BCUT2D eigenvalue weighted by Crippen LogP contribution is -2.22. The lowest BCUT2D eigenvalue weighted by molar-refractivity contribution is 0.400. The van der Waals surface area contributed by atoms with Crippen molar-refractivity contribution in [1.29, 1.82) is 0 Å². The van der Waals surface area contributed by atoms with Crippen LogP contribution >= 0.6 is 0 Å². The molecule has 6 nitrogen and oxygen atoms in total. The van der Waals surface area contributed by atoms with Crippen LogP contribution in [0.1, 0.15) is 0 Å². The molecule has 1 heterocycles. The molecule has 0 amide bonds. The zero-order valence-corrected chi connectivity index (χ0v) is 7.71. The highest BCUT2D eigenvalue weighted by Crippen LogP contribution is 2.19. The Hall–Kier alpha value is -1.34. The standard InChI is InChI=1S/C6H9N3O3S/c1-12-6-5(3-2-4-8-6)9-13(7,10)11/h2-4,9H,1H3,(H2,7,10,11). The van der Waals surface area contributed by atoms with Gasteiger partial charge in [0.05, 0.1) is 7.11 Å². The molecule has 7 heteroatoms. The number of nitrogens with zero attached hydrogens (tertiary/aromatic N) is 1. The van der Waals surface area contributed by atoms with Crippen molar-refractivity contribution in [3.63, 3.8) is 0 Å². The zero-order valence-electron chi connectivity index (χ0n) is 6.89. The molecule has 0 spiro atoms. The topological polar surface area (TPSA) is 94.3 Å². The van der Waals surface area contributed by atoms with Crippen LogP contribution in [0.5, 0.6) is 5.88 Å². The summed E-state index contributed by atoms with van der Waals surface area (Å²) in [6, 6.07) is 3.06. The Morgan fingerprint density at radius 2 is 2.31 bits per heavy atom. The van der Waals surface area contributed by atoms with Gasteiger partial charge in [0.25, 0.3) is 10.2 Å². The van der Waals surface area contributed by atoms with E-state index >= 15 is 0 Å². The maximum atomic E-state index is 10.7. The Labute approximate surface area is 75.9 Å². The Bertz CT molecular complexity index is 390. The summed E-state index contributed by atoms with van der Waals surface area (Å²) in [5, 5.41) is 4.77. The third-order valence-electron chi connectivity index (χ3n) is 1.22. The van der Waals surface area contributed by atoms with E-state index in [0.717, 1.165) is 0 Å². The van der Waals surface area contributed by atoms with Crippen LogP contribution < -0.4 is 14.6 Å². The number of hydrogen-bond acceptors (Lipinski definition) is 4. The average molecular weight is 203 g/mol. The molecular formula is C6H9N3O3S. The number of pyridine rings is 1. The first-order valence-electron chi connectivity index (χ1n) is 3.32. The average Bonchev–Trinajstić information content (AvgIpc) is 2.02. The largest absolute Gasteiger partial charge is 0.480 e. The number of ether oxygens (including phenoxy) is 1. The molecule has 0 aromatic carbocycles. The smallest absolute Gasteiger partial charge is 0.296 e. The maximum absolute atomic E-state index is 10.7. The van der Waals surface area contributed by atoms with Crippen LogP contribution in [-0.4, -0.2) is 20.5 Å². The summed E-state index contributed by atoms with van der Waals surface area (Å²) in [6.07, 6.45) is 1.48. The van der Waals surface area contributed by atoms with E-state index < -0.39 is 10.2 Å². The van der Waals surface area contributed by atoms with Crippen molar-refractivity contribution in [1.82, 2.24) is 4.98 Å². The van der Waals surface area contributed by atoms with Gasteiger partial charge in [-0.15, -0.1) is 0 Å². The van der Waals surface area contributed by atoms with Gasteiger partial charge in [-0.3, -0.25) is 4.72 Å². The summed E-state index contributed by atoms with van der Waals surface area (Å²) in [7, 11) is -2.39. The molecule has 1 aromatic rings. The second-order valence-corrected chi connectivity index (χ2v) is 3.50. The molecule has 1 rings (SSSR count). The number of nitrogens with one attached hydrogen (secondary N) is 1. The van der Waals surface area contributed by atoms with Crippen molar-refractivity contribution in [3.8, 4) is 5.88 Å². The molecule has 0 saturated heterocycles. The molecule has 0 radical (unpaired) electrons. The minimum Gasteiger partial charge on any atom is -0.480 e. The van der Waals surface area contributed by atoms with Gasteiger partial charge in [-0.25, -0.2) is 10.1 Å². The number of hydrogen-bond donors (Lipinski definition) is 2. The first-order valence-corrected chi connectivity index (χ1v) is 4.87. The molecule has 0 aliphatic carbocycles. The van der Waals surface area contributed by atoms with Gasteiger partial charge in [-0.1, -0.05) is 0 Å². The second kappa shape index (κ2) is 3.58. The highest BCUT2D eigenvalue weighted by molar-refractivity contribution is 7.90. The van der Waals surface area contributed by atoms with Gasteiger partial charge in [-0.2, -0.15) is 8.42 Å². The SMILES string of the molecule is COc1ncccc1NS(N)(=O)=O. The fraction of sp³-hybridized carbons (Fsp3) is 0.167. The van der Waals surface area contributed by atoms with E-state index in [0.29, 0.717) is 0 Å². The molecule has 0 unspecified atom stereocenters. The fourth-order valence-electron chi connectivity index (χ4n) is 0.784. The Morgan fingerprint density at radius 1 is 1.62 bits per heavy atom. The van der Waals surface area contributed by atoms with Gasteiger partial charge in [0.15, 0.2) is 0 Å². The number of methoxy groups -OCH3 is 1. The summed E-state index contributed by atoms with van der Waals surface area (Å²) in [5.41, 5.74) is 0.215. The predicted molar refractivity (Wildman–Crippen MR) is 47.5 cm³/mol. The first-order chi connectivity index (χ1) is 6.03. The molecule has 0 bridgehead atoms. The van der Waals surface area contributed by atoms with Crippen LogP contribution in [0.3, 0.4) is 0 Å². The molecule has 0 fully saturated rings. The fourth-order valence-corrected chi connectivity index (χ4v) is 1.25. The Balaban J connectivity index is 3.01. The van der Waals surface area contributed by atoms with Gasteiger partial charge < -0.3 is 4.74 Å². The predicted octanol–water partition coefficient (Wildman–Crippen LogP) is -0.294. The number of aromatic nitrogens is 1. The number of nitrogens with two attached hydrogens (primary N) is 1. The molecule has 0 saturated carbocycles. The van der Waals surface area contributed by atoms with Crippen LogP contribution in [0.25, 0.3) is 0 Å². The summed E-state index contributed by atoms with van der Waals surface area (Å²) in [5.74, 6) is 0.177. The molecule has 0 aliphatic rings. The third kappa shape index (κ3) is 2.88. The lowest BCUT2D eigenvalue weighted by atomic mass is 10.4. The highest BCUT2D eigenvalue weighted by atomic mass is 32.2. The van der Waals surface area contributed by atoms with Gasteiger partial charge >= 0.3 is 0 Å². The molecule has 1 aromatic heterocycles. The van der Waals surface area contributed by atoms with E-state index in [4.69, 9.17) is 9.88 Å². The lowest BCUT2D eigenvalue weighted by Gasteiger charge is -2.06. The van der Waals surface area contributed by atoms with Crippen molar-refractivity contribution in [3.05, 3.63) is 18.3 Å². The minimum absolute atomic E-state index is 0.177. The monoisotopic (exact) mass is 203 g/mol. The van der Waals surface area contributed by atoms with Crippen LogP contribution in [0, 0.1) is 0 Å². The first kappa shape index (κ1) is 9.75. The number of anilines is 1.